The fourth-order valence-electron chi connectivity index (χ4n) is 0.394. The van der Waals surface area contributed by atoms with Crippen LogP contribution in [0.4, 0.5) is 0 Å². The summed E-state index contributed by atoms with van der Waals surface area (Å²) in [5, 5.41) is 3.51. The van der Waals surface area contributed by atoms with E-state index in [1.54, 1.807) is 0 Å². The Labute approximate surface area is 56.9 Å². The van der Waals surface area contributed by atoms with Gasteiger partial charge in [-0.1, -0.05) is 19.0 Å². The van der Waals surface area contributed by atoms with E-state index in [-0.39, 0.29) is 0 Å². The summed E-state index contributed by atoms with van der Waals surface area (Å²) in [6.07, 6.45) is 2.46. The van der Waals surface area contributed by atoms with Crippen molar-refractivity contribution < 1.29 is 4.84 Å². The van der Waals surface area contributed by atoms with E-state index in [4.69, 9.17) is 4.84 Å². The SMILES string of the molecule is [CH2]C=NOCCC(C)C. The Morgan fingerprint density at radius 2 is 2.33 bits per heavy atom. The fraction of sp³-hybridized carbons (Fsp3) is 0.714. The first-order chi connectivity index (χ1) is 4.27. The number of hydrogen-bond donors (Lipinski definition) is 0. The summed E-state index contributed by atoms with van der Waals surface area (Å²) in [6.45, 7) is 8.38. The molecule has 53 valence electrons. The van der Waals surface area contributed by atoms with Crippen molar-refractivity contribution in [1.82, 2.24) is 0 Å². The first-order valence-electron chi connectivity index (χ1n) is 3.20. The molecule has 0 heterocycles. The number of hydrogen-bond acceptors (Lipinski definition) is 2. The van der Waals surface area contributed by atoms with Gasteiger partial charge < -0.3 is 4.84 Å². The van der Waals surface area contributed by atoms with Crippen molar-refractivity contribution in [3.8, 4) is 0 Å². The highest BCUT2D eigenvalue weighted by Crippen LogP contribution is 1.98. The molecule has 0 saturated heterocycles. The average Bonchev–Trinajstić information content (AvgIpc) is 1.80. The van der Waals surface area contributed by atoms with Gasteiger partial charge in [-0.05, 0) is 19.3 Å². The third-order valence-electron chi connectivity index (χ3n) is 0.936. The molecule has 2 heteroatoms. The highest BCUT2D eigenvalue weighted by molar-refractivity contribution is 5.60. The highest BCUT2D eigenvalue weighted by atomic mass is 16.6. The Bertz CT molecular complexity index is 79.0. The summed E-state index contributed by atoms with van der Waals surface area (Å²) in [4.78, 5) is 4.80. The highest BCUT2D eigenvalue weighted by Gasteiger charge is 1.91. The van der Waals surface area contributed by atoms with E-state index in [0.29, 0.717) is 12.5 Å². The molecular formula is C7H14NO. The molecule has 0 N–H and O–H groups in total. The van der Waals surface area contributed by atoms with Crippen molar-refractivity contribution in [1.29, 1.82) is 0 Å². The van der Waals surface area contributed by atoms with Crippen LogP contribution in [0.2, 0.25) is 0 Å². The van der Waals surface area contributed by atoms with Crippen LogP contribution in [0.1, 0.15) is 20.3 Å². The second-order valence-electron chi connectivity index (χ2n) is 2.30. The second kappa shape index (κ2) is 5.60. The molecule has 0 fully saturated rings. The Balaban J connectivity index is 2.91. The van der Waals surface area contributed by atoms with Gasteiger partial charge in [0.15, 0.2) is 0 Å². The first-order valence-corrected chi connectivity index (χ1v) is 3.20. The van der Waals surface area contributed by atoms with E-state index in [1.807, 2.05) is 0 Å². The summed E-state index contributed by atoms with van der Waals surface area (Å²) >= 11 is 0. The predicted molar refractivity (Wildman–Crippen MR) is 39.3 cm³/mol. The van der Waals surface area contributed by atoms with Gasteiger partial charge in [0.05, 0.1) is 0 Å². The normalized spacial score (nSPS) is 11.1. The maximum Gasteiger partial charge on any atom is 0.117 e. The summed E-state index contributed by atoms with van der Waals surface area (Å²) in [5.41, 5.74) is 0. The first kappa shape index (κ1) is 8.47. The Morgan fingerprint density at radius 1 is 1.67 bits per heavy atom. The lowest BCUT2D eigenvalue weighted by Gasteiger charge is -2.00. The molecule has 0 aliphatic carbocycles. The zero-order valence-electron chi connectivity index (χ0n) is 6.13. The molecule has 0 aromatic rings. The maximum atomic E-state index is 4.80. The van der Waals surface area contributed by atoms with Crippen LogP contribution >= 0.6 is 0 Å². The van der Waals surface area contributed by atoms with Crippen LogP contribution in [-0.2, 0) is 4.84 Å². The van der Waals surface area contributed by atoms with E-state index in [0.717, 1.165) is 6.42 Å². The molecule has 0 unspecified atom stereocenters. The molecule has 2 nitrogen and oxygen atoms in total. The molecule has 9 heavy (non-hydrogen) atoms. The van der Waals surface area contributed by atoms with Gasteiger partial charge in [0, 0.05) is 6.21 Å². The smallest absolute Gasteiger partial charge is 0.117 e. The van der Waals surface area contributed by atoms with Crippen LogP contribution in [0.5, 0.6) is 0 Å². The quantitative estimate of drug-likeness (QED) is 0.322. The minimum atomic E-state index is 0.685. The minimum Gasteiger partial charge on any atom is -0.396 e. The van der Waals surface area contributed by atoms with E-state index in [9.17, 15) is 0 Å². The van der Waals surface area contributed by atoms with Crippen molar-refractivity contribution in [3.05, 3.63) is 6.92 Å². The molecular weight excluding hydrogens is 114 g/mol. The minimum absolute atomic E-state index is 0.685. The van der Waals surface area contributed by atoms with Crippen LogP contribution in [0.25, 0.3) is 0 Å². The molecule has 0 atom stereocenters. The predicted octanol–water partition coefficient (Wildman–Crippen LogP) is 1.87. The molecule has 0 bridgehead atoms. The molecule has 0 aliphatic heterocycles. The van der Waals surface area contributed by atoms with E-state index < -0.39 is 0 Å². The van der Waals surface area contributed by atoms with Gasteiger partial charge in [-0.2, -0.15) is 0 Å². The van der Waals surface area contributed by atoms with Crippen molar-refractivity contribution in [2.75, 3.05) is 6.61 Å². The van der Waals surface area contributed by atoms with Gasteiger partial charge in [0.25, 0.3) is 0 Å². The van der Waals surface area contributed by atoms with Crippen molar-refractivity contribution in [2.45, 2.75) is 20.3 Å². The molecule has 0 amide bonds. The lowest BCUT2D eigenvalue weighted by Crippen LogP contribution is -1.94. The Kier molecular flexibility index (Phi) is 5.27. The zero-order valence-corrected chi connectivity index (χ0v) is 6.13. The molecule has 0 spiro atoms. The van der Waals surface area contributed by atoms with E-state index in [2.05, 4.69) is 25.9 Å². The largest absolute Gasteiger partial charge is 0.396 e. The molecule has 0 aromatic heterocycles. The van der Waals surface area contributed by atoms with Crippen LogP contribution in [0.3, 0.4) is 0 Å². The zero-order chi connectivity index (χ0) is 7.11. The summed E-state index contributed by atoms with van der Waals surface area (Å²) in [6, 6.07) is 0. The van der Waals surface area contributed by atoms with Crippen LogP contribution in [0, 0.1) is 12.8 Å². The van der Waals surface area contributed by atoms with Gasteiger partial charge in [-0.3, -0.25) is 0 Å². The van der Waals surface area contributed by atoms with Crippen LogP contribution in [-0.4, -0.2) is 12.8 Å². The second-order valence-corrected chi connectivity index (χ2v) is 2.30. The van der Waals surface area contributed by atoms with E-state index >= 15 is 0 Å². The van der Waals surface area contributed by atoms with Crippen molar-refractivity contribution in [2.24, 2.45) is 11.1 Å². The molecule has 1 radical (unpaired) electrons. The number of nitrogens with zero attached hydrogens (tertiary/aromatic N) is 1. The van der Waals surface area contributed by atoms with Gasteiger partial charge in [0.2, 0.25) is 0 Å². The van der Waals surface area contributed by atoms with Gasteiger partial charge in [-0.25, -0.2) is 0 Å². The van der Waals surface area contributed by atoms with Crippen molar-refractivity contribution in [3.63, 3.8) is 0 Å². The Hall–Kier alpha value is -0.530. The third-order valence-corrected chi connectivity index (χ3v) is 0.936. The number of rotatable bonds is 4. The van der Waals surface area contributed by atoms with Gasteiger partial charge in [0.1, 0.15) is 6.61 Å². The molecule has 0 rings (SSSR count). The van der Waals surface area contributed by atoms with Crippen LogP contribution < -0.4 is 0 Å². The molecule has 0 aromatic carbocycles. The van der Waals surface area contributed by atoms with Crippen LogP contribution in [0.15, 0.2) is 5.16 Å². The van der Waals surface area contributed by atoms with Gasteiger partial charge >= 0.3 is 0 Å². The topological polar surface area (TPSA) is 21.6 Å². The molecule has 0 saturated carbocycles. The van der Waals surface area contributed by atoms with E-state index in [1.165, 1.54) is 6.21 Å². The van der Waals surface area contributed by atoms with Gasteiger partial charge in [-0.15, -0.1) is 0 Å². The number of oxime groups is 1. The summed E-state index contributed by atoms with van der Waals surface area (Å²) in [7, 11) is 0. The third kappa shape index (κ3) is 7.47. The summed E-state index contributed by atoms with van der Waals surface area (Å²) < 4.78 is 0. The Morgan fingerprint density at radius 3 is 2.78 bits per heavy atom. The lowest BCUT2D eigenvalue weighted by molar-refractivity contribution is 0.134. The average molecular weight is 128 g/mol. The summed E-state index contributed by atoms with van der Waals surface area (Å²) in [5.74, 6) is 0.685. The fourth-order valence-corrected chi connectivity index (χ4v) is 0.394. The van der Waals surface area contributed by atoms with Crippen molar-refractivity contribution >= 4 is 6.21 Å². The standard InChI is InChI=1S/C7H14NO/c1-4-8-9-6-5-7(2)3/h4,7H,1,5-6H2,2-3H3. The lowest BCUT2D eigenvalue weighted by atomic mass is 10.1. The maximum absolute atomic E-state index is 4.80. The monoisotopic (exact) mass is 128 g/mol. The molecule has 0 aliphatic rings.